The SMILES string of the molecule is Cc1ccc(C(=O)O)cc1NC(=O)CNC1CC1. The third-order valence-corrected chi connectivity index (χ3v) is 2.89. The lowest BCUT2D eigenvalue weighted by molar-refractivity contribution is -0.115. The van der Waals surface area contributed by atoms with Crippen LogP contribution in [0.2, 0.25) is 0 Å². The van der Waals surface area contributed by atoms with Gasteiger partial charge in [-0.05, 0) is 37.5 Å². The lowest BCUT2D eigenvalue weighted by atomic mass is 10.1. The number of anilines is 1. The monoisotopic (exact) mass is 248 g/mol. The molecular weight excluding hydrogens is 232 g/mol. The van der Waals surface area contributed by atoms with Crippen LogP contribution in [-0.4, -0.2) is 29.6 Å². The largest absolute Gasteiger partial charge is 0.478 e. The Morgan fingerprint density at radius 1 is 1.39 bits per heavy atom. The molecular formula is C13H16N2O3. The van der Waals surface area contributed by atoms with Crippen LogP contribution in [0.25, 0.3) is 0 Å². The van der Waals surface area contributed by atoms with Gasteiger partial charge in [0, 0.05) is 11.7 Å². The van der Waals surface area contributed by atoms with E-state index in [1.807, 2.05) is 6.92 Å². The maximum Gasteiger partial charge on any atom is 0.335 e. The van der Waals surface area contributed by atoms with E-state index >= 15 is 0 Å². The zero-order valence-corrected chi connectivity index (χ0v) is 10.2. The van der Waals surface area contributed by atoms with Gasteiger partial charge in [0.05, 0.1) is 12.1 Å². The molecule has 0 spiro atoms. The molecule has 5 heteroatoms. The van der Waals surface area contributed by atoms with Gasteiger partial charge in [0.15, 0.2) is 0 Å². The number of benzene rings is 1. The Morgan fingerprint density at radius 2 is 2.11 bits per heavy atom. The first-order chi connectivity index (χ1) is 8.56. The molecule has 0 aliphatic heterocycles. The van der Waals surface area contributed by atoms with E-state index in [2.05, 4.69) is 10.6 Å². The van der Waals surface area contributed by atoms with Crippen molar-refractivity contribution in [3.63, 3.8) is 0 Å². The Bertz CT molecular complexity index is 481. The Kier molecular flexibility index (Phi) is 3.62. The van der Waals surface area contributed by atoms with Gasteiger partial charge in [-0.25, -0.2) is 4.79 Å². The van der Waals surface area contributed by atoms with Crippen molar-refractivity contribution < 1.29 is 14.7 Å². The van der Waals surface area contributed by atoms with Crippen LogP contribution in [0.4, 0.5) is 5.69 Å². The highest BCUT2D eigenvalue weighted by Crippen LogP contribution is 2.19. The van der Waals surface area contributed by atoms with E-state index in [-0.39, 0.29) is 18.0 Å². The molecule has 1 aromatic rings. The highest BCUT2D eigenvalue weighted by molar-refractivity contribution is 5.95. The summed E-state index contributed by atoms with van der Waals surface area (Å²) >= 11 is 0. The second-order valence-corrected chi connectivity index (χ2v) is 4.54. The van der Waals surface area contributed by atoms with E-state index in [1.54, 1.807) is 6.07 Å². The van der Waals surface area contributed by atoms with Gasteiger partial charge in [-0.3, -0.25) is 4.79 Å². The molecule has 5 nitrogen and oxygen atoms in total. The number of aryl methyl sites for hydroxylation is 1. The molecule has 0 heterocycles. The van der Waals surface area contributed by atoms with Crippen LogP contribution in [0.3, 0.4) is 0 Å². The van der Waals surface area contributed by atoms with Crippen molar-refractivity contribution >= 4 is 17.6 Å². The predicted octanol–water partition coefficient (Wildman–Crippen LogP) is 1.38. The van der Waals surface area contributed by atoms with E-state index in [1.165, 1.54) is 12.1 Å². The molecule has 1 amide bonds. The van der Waals surface area contributed by atoms with Gasteiger partial charge < -0.3 is 15.7 Å². The molecule has 0 bridgehead atoms. The summed E-state index contributed by atoms with van der Waals surface area (Å²) in [6, 6.07) is 5.16. The minimum atomic E-state index is -0.999. The predicted molar refractivity (Wildman–Crippen MR) is 67.8 cm³/mol. The van der Waals surface area contributed by atoms with Gasteiger partial charge in [0.25, 0.3) is 0 Å². The van der Waals surface area contributed by atoms with Gasteiger partial charge in [-0.1, -0.05) is 6.07 Å². The number of carbonyl (C=O) groups is 2. The standard InChI is InChI=1S/C13H16N2O3/c1-8-2-3-9(13(17)18)6-11(8)15-12(16)7-14-10-4-5-10/h2-3,6,10,14H,4-5,7H2,1H3,(H,15,16)(H,17,18). The average Bonchev–Trinajstić information content (AvgIpc) is 3.13. The number of amides is 1. The maximum absolute atomic E-state index is 11.7. The average molecular weight is 248 g/mol. The smallest absolute Gasteiger partial charge is 0.335 e. The molecule has 0 unspecified atom stereocenters. The van der Waals surface area contributed by atoms with Crippen molar-refractivity contribution in [3.05, 3.63) is 29.3 Å². The van der Waals surface area contributed by atoms with E-state index in [0.29, 0.717) is 11.7 Å². The number of hydrogen-bond donors (Lipinski definition) is 3. The van der Waals surface area contributed by atoms with Crippen LogP contribution >= 0.6 is 0 Å². The van der Waals surface area contributed by atoms with Gasteiger partial charge in [-0.2, -0.15) is 0 Å². The molecule has 3 N–H and O–H groups in total. The minimum absolute atomic E-state index is 0.146. The molecule has 1 saturated carbocycles. The molecule has 1 aliphatic rings. The van der Waals surface area contributed by atoms with Crippen molar-refractivity contribution in [2.24, 2.45) is 0 Å². The van der Waals surface area contributed by atoms with Gasteiger partial charge >= 0.3 is 5.97 Å². The minimum Gasteiger partial charge on any atom is -0.478 e. The molecule has 0 saturated heterocycles. The topological polar surface area (TPSA) is 78.4 Å². The van der Waals surface area contributed by atoms with Crippen molar-refractivity contribution in [2.75, 3.05) is 11.9 Å². The lowest BCUT2D eigenvalue weighted by Gasteiger charge is -2.09. The van der Waals surface area contributed by atoms with Crippen molar-refractivity contribution in [3.8, 4) is 0 Å². The van der Waals surface area contributed by atoms with Crippen LogP contribution in [0.1, 0.15) is 28.8 Å². The summed E-state index contributed by atoms with van der Waals surface area (Å²) in [5.41, 5.74) is 1.57. The zero-order valence-electron chi connectivity index (χ0n) is 10.2. The molecule has 1 aliphatic carbocycles. The molecule has 2 rings (SSSR count). The van der Waals surface area contributed by atoms with Crippen molar-refractivity contribution in [1.82, 2.24) is 5.32 Å². The number of rotatable bonds is 5. The molecule has 0 atom stereocenters. The number of aromatic carboxylic acids is 1. The molecule has 1 aromatic carbocycles. The number of carboxylic acid groups (broad SMARTS) is 1. The van der Waals surface area contributed by atoms with Crippen LogP contribution in [0.5, 0.6) is 0 Å². The Hall–Kier alpha value is -1.88. The highest BCUT2D eigenvalue weighted by atomic mass is 16.4. The van der Waals surface area contributed by atoms with Crippen molar-refractivity contribution in [1.29, 1.82) is 0 Å². The van der Waals surface area contributed by atoms with E-state index in [9.17, 15) is 9.59 Å². The first kappa shape index (κ1) is 12.6. The normalized spacial score (nSPS) is 14.3. The summed E-state index contributed by atoms with van der Waals surface area (Å²) in [6.45, 7) is 2.09. The first-order valence-electron chi connectivity index (χ1n) is 5.93. The molecule has 18 heavy (non-hydrogen) atoms. The molecule has 96 valence electrons. The fourth-order valence-electron chi connectivity index (χ4n) is 1.61. The Labute approximate surface area is 105 Å². The lowest BCUT2D eigenvalue weighted by Crippen LogP contribution is -2.29. The molecule has 0 aromatic heterocycles. The quantitative estimate of drug-likeness (QED) is 0.735. The summed E-state index contributed by atoms with van der Waals surface area (Å²) in [5.74, 6) is -1.14. The maximum atomic E-state index is 11.7. The van der Waals surface area contributed by atoms with Crippen molar-refractivity contribution in [2.45, 2.75) is 25.8 Å². The van der Waals surface area contributed by atoms with Crippen LogP contribution in [-0.2, 0) is 4.79 Å². The molecule has 1 fully saturated rings. The fraction of sp³-hybridized carbons (Fsp3) is 0.385. The summed E-state index contributed by atoms with van der Waals surface area (Å²) < 4.78 is 0. The summed E-state index contributed by atoms with van der Waals surface area (Å²) in [7, 11) is 0. The van der Waals surface area contributed by atoms with Crippen LogP contribution in [0, 0.1) is 6.92 Å². The second-order valence-electron chi connectivity index (χ2n) is 4.54. The van der Waals surface area contributed by atoms with Gasteiger partial charge in [0.2, 0.25) is 5.91 Å². The van der Waals surface area contributed by atoms with Gasteiger partial charge in [-0.15, -0.1) is 0 Å². The number of hydrogen-bond acceptors (Lipinski definition) is 3. The Morgan fingerprint density at radius 3 is 2.72 bits per heavy atom. The van der Waals surface area contributed by atoms with E-state index in [0.717, 1.165) is 18.4 Å². The number of nitrogens with one attached hydrogen (secondary N) is 2. The summed E-state index contributed by atoms with van der Waals surface area (Å²) in [5, 5.41) is 14.7. The fourth-order valence-corrected chi connectivity index (χ4v) is 1.61. The van der Waals surface area contributed by atoms with E-state index in [4.69, 9.17) is 5.11 Å². The number of carbonyl (C=O) groups excluding carboxylic acids is 1. The van der Waals surface area contributed by atoms with E-state index < -0.39 is 5.97 Å². The summed E-state index contributed by atoms with van der Waals surface area (Å²) in [6.07, 6.45) is 2.25. The second kappa shape index (κ2) is 5.18. The number of carboxylic acids is 1. The van der Waals surface area contributed by atoms with Crippen LogP contribution < -0.4 is 10.6 Å². The Balaban J connectivity index is 1.99. The third kappa shape index (κ3) is 3.30. The first-order valence-corrected chi connectivity index (χ1v) is 5.93. The van der Waals surface area contributed by atoms with Gasteiger partial charge in [0.1, 0.15) is 0 Å². The van der Waals surface area contributed by atoms with Crippen LogP contribution in [0.15, 0.2) is 18.2 Å². The summed E-state index contributed by atoms with van der Waals surface area (Å²) in [4.78, 5) is 22.5. The zero-order chi connectivity index (χ0) is 13.1. The highest BCUT2D eigenvalue weighted by Gasteiger charge is 2.21. The third-order valence-electron chi connectivity index (χ3n) is 2.89. The molecule has 0 radical (unpaired) electrons.